The second-order valence-corrected chi connectivity index (χ2v) is 6.88. The van der Waals surface area contributed by atoms with Crippen molar-refractivity contribution in [2.24, 2.45) is 0 Å². The van der Waals surface area contributed by atoms with Gasteiger partial charge in [0.25, 0.3) is 5.56 Å². The van der Waals surface area contributed by atoms with Crippen LogP contribution in [0.3, 0.4) is 0 Å². The van der Waals surface area contributed by atoms with E-state index < -0.39 is 5.82 Å². The number of hydrogen-bond donors (Lipinski definition) is 1. The number of hydrogen-bond acceptors (Lipinski definition) is 6. The largest absolute Gasteiger partial charge is 0.491 e. The molecule has 0 saturated heterocycles. The molecule has 1 aliphatic heterocycles. The average Bonchev–Trinajstić information content (AvgIpc) is 2.78. The van der Waals surface area contributed by atoms with Gasteiger partial charge in [-0.3, -0.25) is 14.6 Å². The van der Waals surface area contributed by atoms with E-state index in [1.54, 1.807) is 29.3 Å². The Labute approximate surface area is 171 Å². The molecule has 30 heavy (non-hydrogen) atoms. The smallest absolute Gasteiger partial charge is 0.256 e. The summed E-state index contributed by atoms with van der Waals surface area (Å²) in [7, 11) is 0. The first kappa shape index (κ1) is 19.7. The molecule has 3 heterocycles. The van der Waals surface area contributed by atoms with Crippen molar-refractivity contribution in [2.45, 2.75) is 25.8 Å². The number of halogens is 1. The fraction of sp³-hybridized carbons (Fsp3) is 0.286. The predicted octanol–water partition coefficient (Wildman–Crippen LogP) is 2.11. The first-order valence-corrected chi connectivity index (χ1v) is 9.65. The Morgan fingerprint density at radius 3 is 2.93 bits per heavy atom. The lowest BCUT2D eigenvalue weighted by atomic mass is 10.1. The van der Waals surface area contributed by atoms with E-state index in [0.29, 0.717) is 42.2 Å². The maximum atomic E-state index is 13.5. The predicted molar refractivity (Wildman–Crippen MR) is 106 cm³/mol. The third kappa shape index (κ3) is 4.35. The van der Waals surface area contributed by atoms with Crippen molar-refractivity contribution >= 4 is 5.91 Å². The summed E-state index contributed by atoms with van der Waals surface area (Å²) in [6.45, 7) is 0.933. The SMILES string of the molecule is O=C(CCCOc1ccccc1F)N1CCc2nc(-c3cnccn3)[nH]c(=O)c2C1. The van der Waals surface area contributed by atoms with Gasteiger partial charge < -0.3 is 14.6 Å². The molecule has 1 aromatic carbocycles. The number of nitrogens with zero attached hydrogens (tertiary/aromatic N) is 4. The van der Waals surface area contributed by atoms with Crippen molar-refractivity contribution in [1.29, 1.82) is 0 Å². The Hall–Kier alpha value is -3.62. The molecule has 0 saturated carbocycles. The molecule has 1 N–H and O–H groups in total. The van der Waals surface area contributed by atoms with Crippen molar-refractivity contribution in [3.05, 3.63) is 70.3 Å². The first-order valence-electron chi connectivity index (χ1n) is 9.65. The van der Waals surface area contributed by atoms with Crippen molar-refractivity contribution in [2.75, 3.05) is 13.2 Å². The Balaban J connectivity index is 1.35. The minimum absolute atomic E-state index is 0.0739. The second-order valence-electron chi connectivity index (χ2n) is 6.88. The fourth-order valence-electron chi connectivity index (χ4n) is 3.31. The lowest BCUT2D eigenvalue weighted by Gasteiger charge is -2.28. The van der Waals surface area contributed by atoms with Crippen molar-refractivity contribution in [3.63, 3.8) is 0 Å². The van der Waals surface area contributed by atoms with Gasteiger partial charge in [-0.25, -0.2) is 14.4 Å². The Morgan fingerprint density at radius 1 is 1.27 bits per heavy atom. The van der Waals surface area contributed by atoms with Crippen molar-refractivity contribution < 1.29 is 13.9 Å². The van der Waals surface area contributed by atoms with Crippen LogP contribution in [0.25, 0.3) is 11.5 Å². The summed E-state index contributed by atoms with van der Waals surface area (Å²) in [5, 5.41) is 0. The molecule has 0 atom stereocenters. The van der Waals surface area contributed by atoms with Crippen LogP contribution in [0.5, 0.6) is 5.75 Å². The van der Waals surface area contributed by atoms with Gasteiger partial charge in [0.1, 0.15) is 5.69 Å². The van der Waals surface area contributed by atoms with Crippen LogP contribution >= 0.6 is 0 Å². The number of fused-ring (bicyclic) bond motifs is 1. The van der Waals surface area contributed by atoms with E-state index in [-0.39, 0.29) is 36.8 Å². The van der Waals surface area contributed by atoms with Crippen LogP contribution in [0.2, 0.25) is 0 Å². The molecule has 8 nitrogen and oxygen atoms in total. The number of carbonyl (C=O) groups is 1. The summed E-state index contributed by atoms with van der Waals surface area (Å²) in [4.78, 5) is 42.1. The molecule has 0 aliphatic carbocycles. The number of aromatic amines is 1. The van der Waals surface area contributed by atoms with Gasteiger partial charge >= 0.3 is 0 Å². The zero-order valence-corrected chi connectivity index (χ0v) is 16.2. The Morgan fingerprint density at radius 2 is 2.13 bits per heavy atom. The normalized spacial score (nSPS) is 13.0. The van der Waals surface area contributed by atoms with Crippen LogP contribution < -0.4 is 10.3 Å². The zero-order chi connectivity index (χ0) is 20.9. The number of nitrogens with one attached hydrogen (secondary N) is 1. The molecule has 1 amide bonds. The highest BCUT2D eigenvalue weighted by Gasteiger charge is 2.24. The van der Waals surface area contributed by atoms with E-state index >= 15 is 0 Å². The molecule has 0 unspecified atom stereocenters. The van der Waals surface area contributed by atoms with Crippen LogP contribution in [0.15, 0.2) is 47.7 Å². The van der Waals surface area contributed by atoms with E-state index in [1.165, 1.54) is 18.5 Å². The molecule has 0 fully saturated rings. The third-order valence-corrected chi connectivity index (χ3v) is 4.86. The summed E-state index contributed by atoms with van der Waals surface area (Å²) in [5.74, 6) is 0.0458. The lowest BCUT2D eigenvalue weighted by molar-refractivity contribution is -0.132. The quantitative estimate of drug-likeness (QED) is 0.626. The summed E-state index contributed by atoms with van der Waals surface area (Å²) >= 11 is 0. The number of H-pyrrole nitrogens is 1. The van der Waals surface area contributed by atoms with Crippen LogP contribution in [-0.4, -0.2) is 43.9 Å². The number of rotatable bonds is 6. The highest BCUT2D eigenvalue weighted by molar-refractivity contribution is 5.76. The summed E-state index contributed by atoms with van der Waals surface area (Å²) < 4.78 is 18.9. The van der Waals surface area contributed by atoms with Crippen molar-refractivity contribution in [3.8, 4) is 17.3 Å². The standard InChI is InChI=1S/C21H20FN5O3/c22-15-4-1-2-5-18(15)30-11-3-6-19(28)27-10-7-16-14(13-27)21(29)26-20(25-16)17-12-23-8-9-24-17/h1-2,4-5,8-9,12H,3,6-7,10-11,13H2,(H,25,26,29). The molecule has 9 heteroatoms. The minimum atomic E-state index is -0.427. The van der Waals surface area contributed by atoms with Gasteiger partial charge in [0.05, 0.1) is 30.6 Å². The van der Waals surface area contributed by atoms with E-state index in [0.717, 1.165) is 0 Å². The zero-order valence-electron chi connectivity index (χ0n) is 16.2. The Bertz CT molecular complexity index is 1100. The molecular weight excluding hydrogens is 389 g/mol. The minimum Gasteiger partial charge on any atom is -0.491 e. The number of benzene rings is 1. The van der Waals surface area contributed by atoms with Crippen LogP contribution in [0.4, 0.5) is 4.39 Å². The van der Waals surface area contributed by atoms with E-state index in [2.05, 4.69) is 19.9 Å². The monoisotopic (exact) mass is 409 g/mol. The average molecular weight is 409 g/mol. The van der Waals surface area contributed by atoms with E-state index in [9.17, 15) is 14.0 Å². The second kappa shape index (κ2) is 8.81. The molecular formula is C21H20FN5O3. The number of aromatic nitrogens is 4. The molecule has 0 radical (unpaired) electrons. The lowest BCUT2D eigenvalue weighted by Crippen LogP contribution is -2.39. The van der Waals surface area contributed by atoms with Gasteiger partial charge in [0.15, 0.2) is 17.4 Å². The van der Waals surface area contributed by atoms with Crippen molar-refractivity contribution in [1.82, 2.24) is 24.8 Å². The fourth-order valence-corrected chi connectivity index (χ4v) is 3.31. The molecule has 2 aromatic heterocycles. The first-order chi connectivity index (χ1) is 14.6. The summed E-state index contributed by atoms with van der Waals surface area (Å²) in [6.07, 6.45) is 5.82. The van der Waals surface area contributed by atoms with Crippen LogP contribution in [0, 0.1) is 5.82 Å². The highest BCUT2D eigenvalue weighted by atomic mass is 19.1. The van der Waals surface area contributed by atoms with Gasteiger partial charge in [-0.05, 0) is 18.6 Å². The number of para-hydroxylation sites is 1. The molecule has 154 valence electrons. The van der Waals surface area contributed by atoms with E-state index in [4.69, 9.17) is 4.74 Å². The third-order valence-electron chi connectivity index (χ3n) is 4.86. The summed E-state index contributed by atoms with van der Waals surface area (Å²) in [6, 6.07) is 6.16. The highest BCUT2D eigenvalue weighted by Crippen LogP contribution is 2.19. The number of ether oxygens (including phenoxy) is 1. The number of carbonyl (C=O) groups excluding carboxylic acids is 1. The van der Waals surface area contributed by atoms with Gasteiger partial charge in [0.2, 0.25) is 5.91 Å². The van der Waals surface area contributed by atoms with E-state index in [1.807, 2.05) is 0 Å². The molecule has 1 aliphatic rings. The number of amides is 1. The van der Waals surface area contributed by atoms with Gasteiger partial charge in [-0.2, -0.15) is 0 Å². The van der Waals surface area contributed by atoms with Gasteiger partial charge in [-0.1, -0.05) is 12.1 Å². The molecule has 4 rings (SSSR count). The van der Waals surface area contributed by atoms with Gasteiger partial charge in [-0.15, -0.1) is 0 Å². The summed E-state index contributed by atoms with van der Waals surface area (Å²) in [5.41, 5.74) is 1.38. The maximum Gasteiger partial charge on any atom is 0.256 e. The molecule has 0 spiro atoms. The molecule has 0 bridgehead atoms. The van der Waals surface area contributed by atoms with Crippen LogP contribution in [-0.2, 0) is 17.8 Å². The Kier molecular flexibility index (Phi) is 5.78. The maximum absolute atomic E-state index is 13.5. The van der Waals surface area contributed by atoms with Gasteiger partial charge in [0, 0.05) is 31.8 Å². The van der Waals surface area contributed by atoms with Crippen LogP contribution in [0.1, 0.15) is 24.1 Å². The molecule has 3 aromatic rings. The topological polar surface area (TPSA) is 101 Å².